The smallest absolute Gasteiger partial charge is 0.235 e. The van der Waals surface area contributed by atoms with E-state index in [-0.39, 0.29) is 5.91 Å². The molecule has 2 aromatic heterocycles. The summed E-state index contributed by atoms with van der Waals surface area (Å²) in [5, 5.41) is 3.09. The van der Waals surface area contributed by atoms with Gasteiger partial charge in [-0.25, -0.2) is 9.97 Å². The number of fused-ring (bicyclic) bond motifs is 2. The first-order valence-corrected chi connectivity index (χ1v) is 11.1. The summed E-state index contributed by atoms with van der Waals surface area (Å²) in [4.78, 5) is 28.6. The number of aryl methyl sites for hydroxylation is 2. The van der Waals surface area contributed by atoms with Gasteiger partial charge in [0, 0.05) is 48.6 Å². The number of piperidine rings is 1. The SMILES string of the molecule is COc1cc2c(cc1OCc1ccncc1)NC(=O)C21CCN(c2nc(C)cc(C)n2)CC1. The van der Waals surface area contributed by atoms with Crippen LogP contribution in [0.15, 0.2) is 42.7 Å². The summed E-state index contributed by atoms with van der Waals surface area (Å²) < 4.78 is 11.7. The van der Waals surface area contributed by atoms with Crippen LogP contribution in [0.4, 0.5) is 11.6 Å². The molecule has 0 radical (unpaired) electrons. The Labute approximate surface area is 193 Å². The van der Waals surface area contributed by atoms with Crippen LogP contribution in [0.25, 0.3) is 0 Å². The molecule has 0 saturated carbocycles. The molecule has 1 fully saturated rings. The van der Waals surface area contributed by atoms with Crippen LogP contribution in [0, 0.1) is 13.8 Å². The van der Waals surface area contributed by atoms with Crippen LogP contribution in [-0.2, 0) is 16.8 Å². The number of aromatic nitrogens is 3. The molecule has 8 nitrogen and oxygen atoms in total. The fourth-order valence-electron chi connectivity index (χ4n) is 4.77. The lowest BCUT2D eigenvalue weighted by Crippen LogP contribution is -2.47. The van der Waals surface area contributed by atoms with Crippen molar-refractivity contribution in [3.8, 4) is 11.5 Å². The summed E-state index contributed by atoms with van der Waals surface area (Å²) in [5.74, 6) is 2.00. The third-order valence-electron chi connectivity index (χ3n) is 6.52. The minimum Gasteiger partial charge on any atom is -0.493 e. The Hall–Kier alpha value is -3.68. The summed E-state index contributed by atoms with van der Waals surface area (Å²) in [6.45, 7) is 5.76. The van der Waals surface area contributed by atoms with Gasteiger partial charge in [0.15, 0.2) is 11.5 Å². The quantitative estimate of drug-likeness (QED) is 0.642. The molecule has 1 amide bonds. The van der Waals surface area contributed by atoms with E-state index in [9.17, 15) is 4.79 Å². The number of carbonyl (C=O) groups is 1. The summed E-state index contributed by atoms with van der Waals surface area (Å²) in [7, 11) is 1.62. The minimum absolute atomic E-state index is 0.0341. The number of nitrogens with one attached hydrogen (secondary N) is 1. The minimum atomic E-state index is -0.582. The fraction of sp³-hybridized carbons (Fsp3) is 0.360. The Kier molecular flexibility index (Phi) is 5.36. The van der Waals surface area contributed by atoms with Gasteiger partial charge in [-0.1, -0.05) is 0 Å². The number of rotatable bonds is 5. The van der Waals surface area contributed by atoms with E-state index < -0.39 is 5.41 Å². The number of hydrogen-bond acceptors (Lipinski definition) is 7. The molecule has 5 rings (SSSR count). The van der Waals surface area contributed by atoms with Gasteiger partial charge < -0.3 is 19.7 Å². The molecule has 1 N–H and O–H groups in total. The molecule has 3 aromatic rings. The number of hydrogen-bond donors (Lipinski definition) is 1. The van der Waals surface area contributed by atoms with Gasteiger partial charge in [0.2, 0.25) is 11.9 Å². The molecule has 170 valence electrons. The number of anilines is 2. The maximum Gasteiger partial charge on any atom is 0.235 e. The van der Waals surface area contributed by atoms with Crippen LogP contribution in [0.3, 0.4) is 0 Å². The zero-order valence-corrected chi connectivity index (χ0v) is 19.1. The van der Waals surface area contributed by atoms with Gasteiger partial charge in [0.1, 0.15) is 6.61 Å². The maximum atomic E-state index is 13.2. The van der Waals surface area contributed by atoms with E-state index in [0.29, 0.717) is 44.0 Å². The van der Waals surface area contributed by atoms with Crippen LogP contribution < -0.4 is 19.7 Å². The molecule has 0 atom stereocenters. The van der Waals surface area contributed by atoms with E-state index in [2.05, 4.69) is 25.2 Å². The summed E-state index contributed by atoms with van der Waals surface area (Å²) in [6.07, 6.45) is 4.83. The van der Waals surface area contributed by atoms with Crippen LogP contribution in [0.5, 0.6) is 11.5 Å². The van der Waals surface area contributed by atoms with Crippen molar-refractivity contribution in [1.29, 1.82) is 0 Å². The first-order chi connectivity index (χ1) is 16.0. The number of amides is 1. The Morgan fingerprint density at radius 2 is 1.73 bits per heavy atom. The highest BCUT2D eigenvalue weighted by Crippen LogP contribution is 2.49. The lowest BCUT2D eigenvalue weighted by atomic mass is 9.73. The normalized spacial score (nSPS) is 16.5. The molecule has 2 aliphatic rings. The first kappa shape index (κ1) is 21.2. The van der Waals surface area contributed by atoms with Gasteiger partial charge in [0.05, 0.1) is 12.5 Å². The number of carbonyl (C=O) groups excluding carboxylic acids is 1. The zero-order chi connectivity index (χ0) is 23.0. The number of nitrogens with zero attached hydrogens (tertiary/aromatic N) is 4. The van der Waals surface area contributed by atoms with Gasteiger partial charge in [-0.2, -0.15) is 0 Å². The van der Waals surface area contributed by atoms with Crippen molar-refractivity contribution >= 4 is 17.5 Å². The molecule has 1 aromatic carbocycles. The summed E-state index contributed by atoms with van der Waals surface area (Å²) in [5.41, 5.74) is 4.09. The molecule has 1 saturated heterocycles. The van der Waals surface area contributed by atoms with Crippen LogP contribution in [0.1, 0.15) is 35.4 Å². The number of pyridine rings is 1. The van der Waals surface area contributed by atoms with Gasteiger partial charge in [0.25, 0.3) is 0 Å². The second kappa shape index (κ2) is 8.35. The van der Waals surface area contributed by atoms with Crippen LogP contribution in [0.2, 0.25) is 0 Å². The Bertz CT molecular complexity index is 1170. The molecule has 4 heterocycles. The van der Waals surface area contributed by atoms with Crippen molar-refractivity contribution < 1.29 is 14.3 Å². The predicted octanol–water partition coefficient (Wildman–Crippen LogP) is 3.57. The molecular formula is C25H27N5O3. The monoisotopic (exact) mass is 445 g/mol. The molecular weight excluding hydrogens is 418 g/mol. The van der Waals surface area contributed by atoms with E-state index in [1.54, 1.807) is 19.5 Å². The number of methoxy groups -OCH3 is 1. The number of benzene rings is 1. The summed E-state index contributed by atoms with van der Waals surface area (Å²) >= 11 is 0. The lowest BCUT2D eigenvalue weighted by Gasteiger charge is -2.38. The average Bonchev–Trinajstić information content (AvgIpc) is 3.07. The molecule has 0 unspecified atom stereocenters. The van der Waals surface area contributed by atoms with Gasteiger partial charge in [-0.05, 0) is 62.1 Å². The van der Waals surface area contributed by atoms with Gasteiger partial charge in [-0.3, -0.25) is 9.78 Å². The predicted molar refractivity (Wildman–Crippen MR) is 125 cm³/mol. The molecule has 0 bridgehead atoms. The van der Waals surface area contributed by atoms with E-state index in [4.69, 9.17) is 9.47 Å². The largest absolute Gasteiger partial charge is 0.493 e. The number of ether oxygens (including phenoxy) is 2. The molecule has 1 spiro atoms. The average molecular weight is 446 g/mol. The fourth-order valence-corrected chi connectivity index (χ4v) is 4.77. The van der Waals surface area contributed by atoms with E-state index in [1.165, 1.54) is 0 Å². The molecule has 33 heavy (non-hydrogen) atoms. The Morgan fingerprint density at radius 3 is 2.39 bits per heavy atom. The third-order valence-corrected chi connectivity index (χ3v) is 6.52. The van der Waals surface area contributed by atoms with E-state index in [1.807, 2.05) is 44.2 Å². The zero-order valence-electron chi connectivity index (χ0n) is 19.1. The van der Waals surface area contributed by atoms with Crippen molar-refractivity contribution in [2.24, 2.45) is 0 Å². The first-order valence-electron chi connectivity index (χ1n) is 11.1. The Balaban J connectivity index is 1.39. The lowest BCUT2D eigenvalue weighted by molar-refractivity contribution is -0.121. The van der Waals surface area contributed by atoms with Crippen molar-refractivity contribution in [2.45, 2.75) is 38.7 Å². The highest BCUT2D eigenvalue weighted by molar-refractivity contribution is 6.07. The van der Waals surface area contributed by atoms with Crippen molar-refractivity contribution in [1.82, 2.24) is 15.0 Å². The second-order valence-electron chi connectivity index (χ2n) is 8.67. The Morgan fingerprint density at radius 1 is 1.03 bits per heavy atom. The van der Waals surface area contributed by atoms with Crippen molar-refractivity contribution in [2.75, 3.05) is 30.4 Å². The maximum absolute atomic E-state index is 13.2. The standard InChI is InChI=1S/C25H27N5O3/c1-16-12-17(2)28-24(27-16)30-10-6-25(7-11-30)19-13-21(32-3)22(14-20(19)29-23(25)31)33-15-18-4-8-26-9-5-18/h4-5,8-9,12-14H,6-7,10-11,15H2,1-3H3,(H,29,31). The second-order valence-corrected chi connectivity index (χ2v) is 8.67. The van der Waals surface area contributed by atoms with Crippen molar-refractivity contribution in [3.05, 3.63) is 65.2 Å². The topological polar surface area (TPSA) is 89.5 Å². The third kappa shape index (κ3) is 3.86. The van der Waals surface area contributed by atoms with Crippen LogP contribution >= 0.6 is 0 Å². The van der Waals surface area contributed by atoms with E-state index in [0.717, 1.165) is 34.2 Å². The van der Waals surface area contributed by atoms with E-state index >= 15 is 0 Å². The van der Waals surface area contributed by atoms with Gasteiger partial charge in [-0.15, -0.1) is 0 Å². The highest BCUT2D eigenvalue weighted by Gasteiger charge is 2.49. The molecule has 2 aliphatic heterocycles. The van der Waals surface area contributed by atoms with Gasteiger partial charge >= 0.3 is 0 Å². The molecule has 8 heteroatoms. The highest BCUT2D eigenvalue weighted by atomic mass is 16.5. The van der Waals surface area contributed by atoms with Crippen LogP contribution in [-0.4, -0.2) is 41.1 Å². The summed E-state index contributed by atoms with van der Waals surface area (Å²) in [6, 6.07) is 9.61. The molecule has 0 aliphatic carbocycles. The van der Waals surface area contributed by atoms with Crippen molar-refractivity contribution in [3.63, 3.8) is 0 Å².